The van der Waals surface area contributed by atoms with E-state index in [9.17, 15) is 4.79 Å². The third-order valence-corrected chi connectivity index (χ3v) is 24.8. The lowest BCUT2D eigenvalue weighted by molar-refractivity contribution is 0.112. The number of fused-ring (bicyclic) bond motifs is 20. The van der Waals surface area contributed by atoms with Gasteiger partial charge in [0.1, 0.15) is 0 Å². The molecule has 490 valence electrons. The Morgan fingerprint density at radius 3 is 1.07 bits per heavy atom. The number of aldehydes is 1. The van der Waals surface area contributed by atoms with Crippen molar-refractivity contribution in [2.75, 3.05) is 4.90 Å². The second-order valence-electron chi connectivity index (χ2n) is 32.7. The molecule has 4 aliphatic rings. The van der Waals surface area contributed by atoms with Crippen LogP contribution in [-0.2, 0) is 45.3 Å². The number of nitrogens with zero attached hydrogens (tertiary/aromatic N) is 1. The van der Waals surface area contributed by atoms with E-state index in [0.29, 0.717) is 0 Å². The fraction of sp³-hybridized carbons (Fsp3) is 0.323. The van der Waals surface area contributed by atoms with E-state index in [0.717, 1.165) is 53.9 Å². The molecular formula is C93H95NOS2. The first kappa shape index (κ1) is 64.8. The van der Waals surface area contributed by atoms with Gasteiger partial charge in [-0.05, 0) is 224 Å². The summed E-state index contributed by atoms with van der Waals surface area (Å²) in [6.07, 6.45) is 12.7. The second-order valence-corrected chi connectivity index (χ2v) is 34.8. The maximum absolute atomic E-state index is 12.5. The predicted octanol–water partition coefficient (Wildman–Crippen LogP) is 26.5. The number of hydrogen-bond donors (Lipinski definition) is 0. The van der Waals surface area contributed by atoms with Gasteiger partial charge in [-0.2, -0.15) is 0 Å². The van der Waals surface area contributed by atoms with Crippen molar-refractivity contribution in [2.24, 2.45) is 0 Å². The average Bonchev–Trinajstić information content (AvgIpc) is 1.52. The van der Waals surface area contributed by atoms with Gasteiger partial charge in [0.25, 0.3) is 0 Å². The van der Waals surface area contributed by atoms with E-state index in [-0.39, 0.29) is 21.7 Å². The molecule has 2 aromatic heterocycles. The molecule has 0 saturated carbocycles. The summed E-state index contributed by atoms with van der Waals surface area (Å²) in [7, 11) is 0. The van der Waals surface area contributed by atoms with Crippen LogP contribution in [0.2, 0.25) is 0 Å². The molecule has 4 heteroatoms. The number of hydrogen-bond acceptors (Lipinski definition) is 4. The van der Waals surface area contributed by atoms with E-state index >= 15 is 0 Å². The Hall–Kier alpha value is -8.15. The number of rotatable bonds is 16. The van der Waals surface area contributed by atoms with Crippen LogP contribution in [0.3, 0.4) is 0 Å². The highest BCUT2D eigenvalue weighted by atomic mass is 32.1. The van der Waals surface area contributed by atoms with Gasteiger partial charge in [0.15, 0.2) is 6.29 Å². The van der Waals surface area contributed by atoms with Crippen molar-refractivity contribution in [3.63, 3.8) is 0 Å². The largest absolute Gasteiger partial charge is 0.310 e. The molecule has 15 rings (SSSR count). The van der Waals surface area contributed by atoms with Crippen LogP contribution in [0.25, 0.3) is 64.7 Å². The number of thiophene rings is 2. The fourth-order valence-electron chi connectivity index (χ4n) is 17.1. The van der Waals surface area contributed by atoms with Crippen molar-refractivity contribution in [3.05, 3.63) is 277 Å². The van der Waals surface area contributed by atoms with Gasteiger partial charge in [0.05, 0.1) is 15.7 Å². The van der Waals surface area contributed by atoms with Gasteiger partial charge in [-0.15, -0.1) is 22.7 Å². The molecule has 4 aliphatic carbocycles. The first-order valence-corrected chi connectivity index (χ1v) is 37.8. The second kappa shape index (κ2) is 24.1. The Morgan fingerprint density at radius 1 is 0.340 bits per heavy atom. The molecule has 11 aromatic rings. The van der Waals surface area contributed by atoms with Crippen LogP contribution in [0.1, 0.15) is 236 Å². The average molecular weight is 1310 g/mol. The van der Waals surface area contributed by atoms with Gasteiger partial charge in [-0.3, -0.25) is 4.79 Å². The van der Waals surface area contributed by atoms with Crippen molar-refractivity contribution >= 4 is 46.0 Å². The van der Waals surface area contributed by atoms with Crippen LogP contribution in [0.4, 0.5) is 17.1 Å². The first-order valence-electron chi connectivity index (χ1n) is 36.2. The molecule has 0 fully saturated rings. The topological polar surface area (TPSA) is 20.3 Å². The summed E-state index contributed by atoms with van der Waals surface area (Å²) >= 11 is 3.60. The Balaban J connectivity index is 0.976. The zero-order valence-electron chi connectivity index (χ0n) is 59.8. The molecule has 0 aliphatic heterocycles. The van der Waals surface area contributed by atoms with Crippen molar-refractivity contribution in [2.45, 2.75) is 194 Å². The summed E-state index contributed by atoms with van der Waals surface area (Å²) in [5.74, 6) is 0. The van der Waals surface area contributed by atoms with Crippen molar-refractivity contribution < 1.29 is 4.79 Å². The summed E-state index contributed by atoms with van der Waals surface area (Å²) in [4.78, 5) is 19.8. The zero-order valence-corrected chi connectivity index (χ0v) is 61.4. The number of unbranched alkanes of at least 4 members (excludes halogenated alkanes) is 6. The van der Waals surface area contributed by atoms with Gasteiger partial charge in [-0.25, -0.2) is 0 Å². The SMILES string of the molecule is CCCCCCc1cc(-c2sc(C=O)cc2CCCCCC)sc1-c1ccc(N(c2ccc3c(c2)C2(c4ccccc4-3)c3cc(C(C)(C)C)ccc3-c3ccc(C(C)(C)C)cc32)c2ccc3c(c2)C2(c4ccccc4-3)c3cc(C(C)(C)C)ccc3-c3ccc(C(C)(C)C)cc32)cc1. The van der Waals surface area contributed by atoms with Gasteiger partial charge in [0.2, 0.25) is 0 Å². The van der Waals surface area contributed by atoms with Crippen LogP contribution in [-0.4, -0.2) is 6.29 Å². The Labute approximate surface area is 586 Å². The lowest BCUT2D eigenvalue weighted by Crippen LogP contribution is -2.28. The smallest absolute Gasteiger partial charge is 0.160 e. The molecule has 0 atom stereocenters. The molecule has 2 nitrogen and oxygen atoms in total. The monoisotopic (exact) mass is 1310 g/mol. The Kier molecular flexibility index (Phi) is 16.1. The van der Waals surface area contributed by atoms with Gasteiger partial charge < -0.3 is 4.90 Å². The molecule has 9 aromatic carbocycles. The molecular weight excluding hydrogens is 1210 g/mol. The number of aryl methyl sites for hydroxylation is 2. The normalized spacial score (nSPS) is 14.3. The number of benzene rings is 9. The van der Waals surface area contributed by atoms with Gasteiger partial charge in [0, 0.05) is 31.7 Å². The fourth-order valence-corrected chi connectivity index (χ4v) is 19.4. The standard InChI is InChI=1S/C93H95NOS2/c1-15-17-19-21-27-59-49-68(57-95)96-87(59)85-50-60(28-22-20-18-16-2)86(97-85)58-33-39-65(40-34-58)94(66-41-47-75-69-29-23-25-31-77(69)92(83(75)55-66)79-51-61(88(3,4)5)35-43-71(79)72-44-36-62(52-80(72)92)89(6,7)8)67-42-48-76-70-30-24-26-32-78(70)93(84(76)56-67)81-53-63(90(9,10)11)37-45-73(81)74-46-38-64(54-82(74)93)91(12,13)14/h23-26,29-57H,15-22,27-28H2,1-14H3. The van der Waals surface area contributed by atoms with Crippen LogP contribution < -0.4 is 4.90 Å². The van der Waals surface area contributed by atoms with Crippen LogP contribution in [0, 0.1) is 0 Å². The number of carbonyl (C=O) groups excluding carboxylic acids is 1. The van der Waals surface area contributed by atoms with Crippen molar-refractivity contribution in [1.82, 2.24) is 0 Å². The predicted molar refractivity (Wildman–Crippen MR) is 416 cm³/mol. The lowest BCUT2D eigenvalue weighted by Gasteiger charge is -2.35. The summed E-state index contributed by atoms with van der Waals surface area (Å²) < 4.78 is 0. The van der Waals surface area contributed by atoms with Crippen molar-refractivity contribution in [3.8, 4) is 64.7 Å². The van der Waals surface area contributed by atoms with E-state index in [2.05, 4.69) is 296 Å². The minimum Gasteiger partial charge on any atom is -0.310 e. The molecule has 0 amide bonds. The third kappa shape index (κ3) is 10.5. The summed E-state index contributed by atoms with van der Waals surface area (Å²) in [5.41, 5.74) is 32.6. The molecule has 97 heavy (non-hydrogen) atoms. The number of anilines is 3. The van der Waals surface area contributed by atoms with E-state index < -0.39 is 10.8 Å². The minimum atomic E-state index is -0.587. The molecule has 0 unspecified atom stereocenters. The molecule has 0 bridgehead atoms. The molecule has 0 radical (unpaired) electrons. The molecule has 0 saturated heterocycles. The van der Waals surface area contributed by atoms with Crippen LogP contribution in [0.5, 0.6) is 0 Å². The van der Waals surface area contributed by atoms with Crippen molar-refractivity contribution in [1.29, 1.82) is 0 Å². The van der Waals surface area contributed by atoms with Crippen LogP contribution >= 0.6 is 22.7 Å². The first-order chi connectivity index (χ1) is 46.5. The lowest BCUT2D eigenvalue weighted by atomic mass is 9.68. The Bertz CT molecular complexity index is 4560. The maximum atomic E-state index is 12.5. The van der Waals surface area contributed by atoms with Gasteiger partial charge >= 0.3 is 0 Å². The highest BCUT2D eigenvalue weighted by Gasteiger charge is 2.55. The Morgan fingerprint density at radius 2 is 0.691 bits per heavy atom. The van der Waals surface area contributed by atoms with E-state index in [4.69, 9.17) is 0 Å². The zero-order chi connectivity index (χ0) is 67.7. The molecule has 2 heterocycles. The van der Waals surface area contributed by atoms with Gasteiger partial charge in [-0.1, -0.05) is 281 Å². The maximum Gasteiger partial charge on any atom is 0.160 e. The van der Waals surface area contributed by atoms with E-state index in [1.165, 1.54) is 181 Å². The minimum absolute atomic E-state index is 0.0674. The quantitative estimate of drug-likeness (QED) is 0.0710. The summed E-state index contributed by atoms with van der Waals surface area (Å²) in [6, 6.07) is 77.6. The van der Waals surface area contributed by atoms with E-state index in [1.54, 1.807) is 11.3 Å². The van der Waals surface area contributed by atoms with Crippen LogP contribution in [0.15, 0.2) is 194 Å². The third-order valence-electron chi connectivity index (χ3n) is 22.3. The summed E-state index contributed by atoms with van der Waals surface area (Å²) in [5, 5.41) is 0. The highest BCUT2D eigenvalue weighted by molar-refractivity contribution is 7.24. The molecule has 0 N–H and O–H groups in total. The summed E-state index contributed by atoms with van der Waals surface area (Å²) in [6.45, 7) is 32.9. The number of carbonyl (C=O) groups is 1. The van der Waals surface area contributed by atoms with E-state index in [1.807, 2.05) is 11.3 Å². The molecule has 2 spiro atoms. The highest BCUT2D eigenvalue weighted by Crippen LogP contribution is 2.67.